The Balaban J connectivity index is 2.91. The number of benzene rings is 1. The predicted molar refractivity (Wildman–Crippen MR) is 80.1 cm³/mol. The molecule has 0 radical (unpaired) electrons. The summed E-state index contributed by atoms with van der Waals surface area (Å²) in [6.07, 6.45) is 0.925. The van der Waals surface area contributed by atoms with Crippen LogP contribution in [0.5, 0.6) is 5.75 Å². The van der Waals surface area contributed by atoms with Gasteiger partial charge in [0, 0.05) is 5.88 Å². The van der Waals surface area contributed by atoms with E-state index in [0.29, 0.717) is 18.0 Å². The van der Waals surface area contributed by atoms with Gasteiger partial charge in [0.1, 0.15) is 5.75 Å². The number of hydrogen-bond donors (Lipinski definition) is 1. The van der Waals surface area contributed by atoms with E-state index >= 15 is 0 Å². The van der Waals surface area contributed by atoms with Crippen molar-refractivity contribution in [3.8, 4) is 5.75 Å². The number of carbonyl (C=O) groups is 1. The van der Waals surface area contributed by atoms with Gasteiger partial charge in [0.15, 0.2) is 0 Å². The van der Waals surface area contributed by atoms with E-state index in [4.69, 9.17) is 16.3 Å². The topological polar surface area (TPSA) is 38.3 Å². The predicted octanol–water partition coefficient (Wildman–Crippen LogP) is 3.99. The van der Waals surface area contributed by atoms with Gasteiger partial charge in [-0.15, -0.1) is 11.6 Å². The summed E-state index contributed by atoms with van der Waals surface area (Å²) in [6, 6.07) is 5.74. The quantitative estimate of drug-likeness (QED) is 0.802. The molecule has 1 N–H and O–H groups in total. The van der Waals surface area contributed by atoms with Crippen molar-refractivity contribution in [1.29, 1.82) is 0 Å². The largest absolute Gasteiger partial charge is 0.491 e. The van der Waals surface area contributed by atoms with E-state index in [1.165, 1.54) is 0 Å². The van der Waals surface area contributed by atoms with Gasteiger partial charge in [-0.1, -0.05) is 13.0 Å². The summed E-state index contributed by atoms with van der Waals surface area (Å²) in [5.41, 5.74) is 1.19. The molecule has 0 aliphatic carbocycles. The molecule has 0 saturated carbocycles. The molecule has 0 spiro atoms. The van der Waals surface area contributed by atoms with E-state index in [0.717, 1.165) is 12.0 Å². The number of aryl methyl sites for hydroxylation is 1. The molecule has 3 nitrogen and oxygen atoms in total. The summed E-state index contributed by atoms with van der Waals surface area (Å²) < 4.78 is 5.67. The molecule has 1 amide bonds. The average molecular weight is 284 g/mol. The molecule has 1 aromatic rings. The van der Waals surface area contributed by atoms with Crippen molar-refractivity contribution >= 4 is 23.2 Å². The Kier molecular flexibility index (Phi) is 5.67. The number of ether oxygens (including phenoxy) is 1. The molecule has 106 valence electrons. The number of anilines is 1. The number of halogens is 1. The Morgan fingerprint density at radius 3 is 2.68 bits per heavy atom. The fraction of sp³-hybridized carbons (Fsp3) is 0.533. The van der Waals surface area contributed by atoms with Crippen LogP contribution in [-0.4, -0.2) is 18.4 Å². The van der Waals surface area contributed by atoms with Gasteiger partial charge in [-0.3, -0.25) is 4.79 Å². The lowest BCUT2D eigenvalue weighted by molar-refractivity contribution is -0.122. The van der Waals surface area contributed by atoms with Crippen molar-refractivity contribution in [2.24, 2.45) is 5.41 Å². The number of rotatable bonds is 6. The lowest BCUT2D eigenvalue weighted by Gasteiger charge is -2.21. The average Bonchev–Trinajstić information content (AvgIpc) is 2.38. The lowest BCUT2D eigenvalue weighted by Crippen LogP contribution is -2.32. The molecular weight excluding hydrogens is 262 g/mol. The molecule has 0 heterocycles. The lowest BCUT2D eigenvalue weighted by atomic mass is 9.95. The molecular formula is C15H22ClNO2. The van der Waals surface area contributed by atoms with Crippen LogP contribution in [0.4, 0.5) is 5.69 Å². The monoisotopic (exact) mass is 283 g/mol. The third kappa shape index (κ3) is 4.43. The molecule has 0 atom stereocenters. The molecule has 0 aliphatic heterocycles. The van der Waals surface area contributed by atoms with Gasteiger partial charge in [0.25, 0.3) is 0 Å². The fourth-order valence-corrected chi connectivity index (χ4v) is 1.54. The van der Waals surface area contributed by atoms with E-state index in [2.05, 4.69) is 5.32 Å². The smallest absolute Gasteiger partial charge is 0.231 e. The van der Waals surface area contributed by atoms with Crippen molar-refractivity contribution in [2.45, 2.75) is 34.1 Å². The van der Waals surface area contributed by atoms with Crippen molar-refractivity contribution in [2.75, 3.05) is 17.8 Å². The summed E-state index contributed by atoms with van der Waals surface area (Å²) in [6.45, 7) is 8.30. The van der Waals surface area contributed by atoms with Crippen LogP contribution >= 0.6 is 11.6 Å². The van der Waals surface area contributed by atoms with Gasteiger partial charge in [-0.2, -0.15) is 0 Å². The molecule has 4 heteroatoms. The molecule has 1 aromatic carbocycles. The van der Waals surface area contributed by atoms with Crippen LogP contribution in [0.15, 0.2) is 18.2 Å². The minimum absolute atomic E-state index is 0.104. The Labute approximate surface area is 120 Å². The van der Waals surface area contributed by atoms with Crippen LogP contribution in [0.1, 0.15) is 32.8 Å². The molecule has 0 aromatic heterocycles. The fourth-order valence-electron chi connectivity index (χ4n) is 1.42. The summed E-state index contributed by atoms with van der Waals surface area (Å²) in [4.78, 5) is 12.1. The SMILES string of the molecule is CCCOc1cc(C)ccc1NC(=O)C(C)(C)CCl. The van der Waals surface area contributed by atoms with Gasteiger partial charge in [-0.05, 0) is 44.9 Å². The van der Waals surface area contributed by atoms with Gasteiger partial charge in [0.05, 0.1) is 17.7 Å². The van der Waals surface area contributed by atoms with Crippen LogP contribution in [0, 0.1) is 12.3 Å². The van der Waals surface area contributed by atoms with E-state index in [-0.39, 0.29) is 11.8 Å². The van der Waals surface area contributed by atoms with E-state index in [9.17, 15) is 4.79 Å². The first-order chi connectivity index (χ1) is 8.90. The molecule has 0 fully saturated rings. The van der Waals surface area contributed by atoms with Crippen molar-refractivity contribution in [3.63, 3.8) is 0 Å². The van der Waals surface area contributed by atoms with E-state index in [1.54, 1.807) is 0 Å². The number of carbonyl (C=O) groups excluding carboxylic acids is 1. The van der Waals surface area contributed by atoms with Crippen LogP contribution in [0.3, 0.4) is 0 Å². The molecule has 1 rings (SSSR count). The maximum Gasteiger partial charge on any atom is 0.231 e. The molecule has 0 unspecified atom stereocenters. The minimum atomic E-state index is -0.603. The zero-order valence-corrected chi connectivity index (χ0v) is 12.8. The first kappa shape index (κ1) is 15.8. The van der Waals surface area contributed by atoms with Crippen LogP contribution in [0.25, 0.3) is 0 Å². The van der Waals surface area contributed by atoms with Gasteiger partial charge in [0.2, 0.25) is 5.91 Å². The van der Waals surface area contributed by atoms with Crippen molar-refractivity contribution in [1.82, 2.24) is 0 Å². The maximum atomic E-state index is 12.1. The highest BCUT2D eigenvalue weighted by Crippen LogP contribution is 2.28. The summed E-state index contributed by atoms with van der Waals surface area (Å²) in [7, 11) is 0. The number of alkyl halides is 1. The zero-order valence-electron chi connectivity index (χ0n) is 12.0. The van der Waals surface area contributed by atoms with Crippen molar-refractivity contribution < 1.29 is 9.53 Å². The first-order valence-corrected chi connectivity index (χ1v) is 7.05. The minimum Gasteiger partial charge on any atom is -0.491 e. The van der Waals surface area contributed by atoms with Gasteiger partial charge >= 0.3 is 0 Å². The second-order valence-electron chi connectivity index (χ2n) is 5.32. The normalized spacial score (nSPS) is 11.2. The Bertz CT molecular complexity index is 444. The highest BCUT2D eigenvalue weighted by atomic mass is 35.5. The van der Waals surface area contributed by atoms with Crippen LogP contribution in [-0.2, 0) is 4.79 Å². The second kappa shape index (κ2) is 6.80. The summed E-state index contributed by atoms with van der Waals surface area (Å²) in [5.74, 6) is 0.879. The number of amides is 1. The number of hydrogen-bond acceptors (Lipinski definition) is 2. The van der Waals surface area contributed by atoms with E-state index in [1.807, 2.05) is 45.9 Å². The summed E-state index contributed by atoms with van der Waals surface area (Å²) >= 11 is 5.81. The highest BCUT2D eigenvalue weighted by Gasteiger charge is 2.27. The Hall–Kier alpha value is -1.22. The van der Waals surface area contributed by atoms with Crippen LogP contribution in [0.2, 0.25) is 0 Å². The Morgan fingerprint density at radius 2 is 2.11 bits per heavy atom. The first-order valence-electron chi connectivity index (χ1n) is 6.51. The standard InChI is InChI=1S/C15H22ClNO2/c1-5-8-19-13-9-11(2)6-7-12(13)17-14(18)15(3,4)10-16/h6-7,9H,5,8,10H2,1-4H3,(H,17,18). The Morgan fingerprint density at radius 1 is 1.42 bits per heavy atom. The maximum absolute atomic E-state index is 12.1. The zero-order chi connectivity index (χ0) is 14.5. The molecule has 19 heavy (non-hydrogen) atoms. The van der Waals surface area contributed by atoms with E-state index < -0.39 is 5.41 Å². The van der Waals surface area contributed by atoms with Crippen LogP contribution < -0.4 is 10.1 Å². The molecule has 0 aliphatic rings. The van der Waals surface area contributed by atoms with Gasteiger partial charge in [-0.25, -0.2) is 0 Å². The molecule has 0 saturated heterocycles. The third-order valence-electron chi connectivity index (χ3n) is 2.80. The second-order valence-corrected chi connectivity index (χ2v) is 5.59. The highest BCUT2D eigenvalue weighted by molar-refractivity contribution is 6.20. The van der Waals surface area contributed by atoms with Gasteiger partial charge < -0.3 is 10.1 Å². The number of nitrogens with one attached hydrogen (secondary N) is 1. The third-order valence-corrected chi connectivity index (χ3v) is 3.46. The molecule has 0 bridgehead atoms. The van der Waals surface area contributed by atoms with Crippen molar-refractivity contribution in [3.05, 3.63) is 23.8 Å². The summed E-state index contributed by atoms with van der Waals surface area (Å²) in [5, 5.41) is 2.89.